The Bertz CT molecular complexity index is 616. The fraction of sp³-hybridized carbons (Fsp3) is 0.926. The molecule has 0 saturated heterocycles. The molecule has 0 radical (unpaired) electrons. The molecule has 0 bridgehead atoms. The molecule has 2 atom stereocenters. The summed E-state index contributed by atoms with van der Waals surface area (Å²) in [6, 6.07) is 0. The van der Waals surface area contributed by atoms with Crippen molar-refractivity contribution in [3.8, 4) is 0 Å². The second kappa shape index (κ2) is 12.4. The van der Waals surface area contributed by atoms with Gasteiger partial charge in [0.2, 0.25) is 0 Å². The molecule has 0 aromatic carbocycles. The molecule has 3 saturated carbocycles. The molecular weight excluding hydrogens is 420 g/mol. The zero-order valence-electron chi connectivity index (χ0n) is 21.3. The zero-order valence-corrected chi connectivity index (χ0v) is 21.3. The maximum absolute atomic E-state index is 12.3. The molecule has 6 nitrogen and oxygen atoms in total. The number of ether oxygens (including phenoxy) is 4. The number of methoxy groups -OCH3 is 1. The quantitative estimate of drug-likeness (QED) is 0.391. The van der Waals surface area contributed by atoms with Gasteiger partial charge < -0.3 is 18.9 Å². The van der Waals surface area contributed by atoms with Crippen molar-refractivity contribution in [2.45, 2.75) is 110 Å². The highest BCUT2D eigenvalue weighted by atomic mass is 16.7. The van der Waals surface area contributed by atoms with E-state index >= 15 is 0 Å². The van der Waals surface area contributed by atoms with Gasteiger partial charge in [0, 0.05) is 14.0 Å². The van der Waals surface area contributed by atoms with Crippen LogP contribution < -0.4 is 0 Å². The van der Waals surface area contributed by atoms with Crippen LogP contribution in [0.1, 0.15) is 97.8 Å². The highest BCUT2D eigenvalue weighted by molar-refractivity contribution is 5.65. The predicted molar refractivity (Wildman–Crippen MR) is 127 cm³/mol. The Balaban J connectivity index is 1.34. The molecule has 3 aliphatic carbocycles. The Morgan fingerprint density at radius 1 is 0.758 bits per heavy atom. The summed E-state index contributed by atoms with van der Waals surface area (Å²) >= 11 is 0. The van der Waals surface area contributed by atoms with E-state index in [0.717, 1.165) is 57.3 Å². The molecule has 3 rings (SSSR count). The Hall–Kier alpha value is -1.30. The summed E-state index contributed by atoms with van der Waals surface area (Å²) in [5, 5.41) is 0. The van der Waals surface area contributed by atoms with Gasteiger partial charge in [0.1, 0.15) is 6.10 Å². The molecule has 6 heteroatoms. The van der Waals surface area contributed by atoms with Crippen molar-refractivity contribution < 1.29 is 28.5 Å². The Morgan fingerprint density at radius 3 is 1.79 bits per heavy atom. The van der Waals surface area contributed by atoms with Gasteiger partial charge in [-0.3, -0.25) is 4.79 Å². The first-order valence-electron chi connectivity index (χ1n) is 13.3. The maximum Gasteiger partial charge on any atom is 0.508 e. The minimum atomic E-state index is -0.516. The summed E-state index contributed by atoms with van der Waals surface area (Å²) in [7, 11) is 1.83. The summed E-state index contributed by atoms with van der Waals surface area (Å²) in [5.74, 6) is 1.92. The van der Waals surface area contributed by atoms with E-state index < -0.39 is 6.16 Å². The summed E-state index contributed by atoms with van der Waals surface area (Å²) < 4.78 is 21.9. The average Bonchev–Trinajstić information content (AvgIpc) is 2.82. The predicted octanol–water partition coefficient (Wildman–Crippen LogP) is 6.30. The summed E-state index contributed by atoms with van der Waals surface area (Å²) in [6.45, 7) is 7.22. The van der Waals surface area contributed by atoms with Gasteiger partial charge in [-0.15, -0.1) is 0 Å². The van der Waals surface area contributed by atoms with Crippen LogP contribution >= 0.6 is 0 Å². The molecule has 0 amide bonds. The van der Waals surface area contributed by atoms with E-state index in [0.29, 0.717) is 42.5 Å². The molecule has 2 unspecified atom stereocenters. The maximum atomic E-state index is 12.3. The van der Waals surface area contributed by atoms with Gasteiger partial charge in [-0.1, -0.05) is 20.3 Å². The number of esters is 1. The fourth-order valence-electron chi connectivity index (χ4n) is 6.60. The number of rotatable bonds is 8. The van der Waals surface area contributed by atoms with Crippen molar-refractivity contribution >= 4 is 12.1 Å². The smallest absolute Gasteiger partial charge is 0.466 e. The van der Waals surface area contributed by atoms with Gasteiger partial charge in [-0.25, -0.2) is 4.79 Å². The van der Waals surface area contributed by atoms with Gasteiger partial charge in [0.05, 0.1) is 19.3 Å². The standard InChI is InChI=1S/C27H46O6/c1-19(28)31-17-20-6-5-7-21(16-20)18-32-26(29)33-25-14-10-23(11-15-25)27(2,3)22-8-12-24(30-4)13-9-22/h20-25H,5-18H2,1-4H3. The number of hydrogen-bond donors (Lipinski definition) is 0. The molecule has 3 aliphatic rings. The van der Waals surface area contributed by atoms with Crippen LogP contribution in [0.5, 0.6) is 0 Å². The molecule has 0 N–H and O–H groups in total. The number of carbonyl (C=O) groups excluding carboxylic acids is 2. The first-order valence-corrected chi connectivity index (χ1v) is 13.3. The van der Waals surface area contributed by atoms with Crippen molar-refractivity contribution in [3.05, 3.63) is 0 Å². The summed E-state index contributed by atoms with van der Waals surface area (Å²) in [6.07, 6.45) is 13.1. The third-order valence-corrected chi connectivity index (χ3v) is 8.90. The lowest BCUT2D eigenvalue weighted by Gasteiger charge is -2.46. The van der Waals surface area contributed by atoms with Gasteiger partial charge in [0.25, 0.3) is 0 Å². The lowest BCUT2D eigenvalue weighted by atomic mass is 9.60. The van der Waals surface area contributed by atoms with Crippen molar-refractivity contribution in [1.82, 2.24) is 0 Å². The molecule has 190 valence electrons. The van der Waals surface area contributed by atoms with Crippen LogP contribution in [0, 0.1) is 29.1 Å². The van der Waals surface area contributed by atoms with Crippen LogP contribution in [0.3, 0.4) is 0 Å². The second-order valence-corrected chi connectivity index (χ2v) is 11.4. The van der Waals surface area contributed by atoms with Crippen molar-refractivity contribution in [3.63, 3.8) is 0 Å². The zero-order chi connectivity index (χ0) is 23.8. The number of hydrogen-bond acceptors (Lipinski definition) is 6. The van der Waals surface area contributed by atoms with Crippen LogP contribution in [-0.4, -0.2) is 44.7 Å². The summed E-state index contributed by atoms with van der Waals surface area (Å²) in [4.78, 5) is 23.3. The van der Waals surface area contributed by atoms with Crippen LogP contribution in [0.15, 0.2) is 0 Å². The largest absolute Gasteiger partial charge is 0.508 e. The topological polar surface area (TPSA) is 71.1 Å². The Labute approximate surface area is 200 Å². The average molecular weight is 467 g/mol. The SMILES string of the molecule is COC1CCC(C(C)(C)C2CCC(OC(=O)OCC3CCCC(COC(C)=O)C3)CC2)CC1. The lowest BCUT2D eigenvalue weighted by Crippen LogP contribution is -2.39. The monoisotopic (exact) mass is 466 g/mol. The Kier molecular flexibility index (Phi) is 9.90. The molecule has 0 heterocycles. The molecule has 0 spiro atoms. The summed E-state index contributed by atoms with van der Waals surface area (Å²) in [5.41, 5.74) is 0.327. The second-order valence-electron chi connectivity index (χ2n) is 11.4. The van der Waals surface area contributed by atoms with Gasteiger partial charge in [-0.05, 0) is 99.7 Å². The van der Waals surface area contributed by atoms with Crippen molar-refractivity contribution in [1.29, 1.82) is 0 Å². The van der Waals surface area contributed by atoms with E-state index in [2.05, 4.69) is 13.8 Å². The van der Waals surface area contributed by atoms with Crippen LogP contribution in [0.4, 0.5) is 4.79 Å². The van der Waals surface area contributed by atoms with E-state index in [1.807, 2.05) is 7.11 Å². The van der Waals surface area contributed by atoms with Gasteiger partial charge in [-0.2, -0.15) is 0 Å². The van der Waals surface area contributed by atoms with Crippen LogP contribution in [0.2, 0.25) is 0 Å². The van der Waals surface area contributed by atoms with E-state index in [-0.39, 0.29) is 12.1 Å². The normalized spacial score (nSPS) is 33.2. The van der Waals surface area contributed by atoms with Gasteiger partial charge in [0.15, 0.2) is 0 Å². The van der Waals surface area contributed by atoms with E-state index in [4.69, 9.17) is 18.9 Å². The highest BCUT2D eigenvalue weighted by Crippen LogP contribution is 2.48. The number of carbonyl (C=O) groups is 2. The van der Waals surface area contributed by atoms with Gasteiger partial charge >= 0.3 is 12.1 Å². The molecule has 33 heavy (non-hydrogen) atoms. The van der Waals surface area contributed by atoms with Crippen molar-refractivity contribution in [2.75, 3.05) is 20.3 Å². The lowest BCUT2D eigenvalue weighted by molar-refractivity contribution is -0.142. The van der Waals surface area contributed by atoms with E-state index in [1.165, 1.54) is 32.6 Å². The molecule has 0 aliphatic heterocycles. The van der Waals surface area contributed by atoms with Crippen LogP contribution in [-0.2, 0) is 23.7 Å². The van der Waals surface area contributed by atoms with Crippen LogP contribution in [0.25, 0.3) is 0 Å². The third-order valence-electron chi connectivity index (χ3n) is 8.90. The first-order chi connectivity index (χ1) is 15.8. The molecule has 0 aromatic heterocycles. The van der Waals surface area contributed by atoms with E-state index in [9.17, 15) is 9.59 Å². The Morgan fingerprint density at radius 2 is 1.27 bits per heavy atom. The molecular formula is C27H46O6. The first kappa shape index (κ1) is 26.3. The van der Waals surface area contributed by atoms with Crippen molar-refractivity contribution in [2.24, 2.45) is 29.1 Å². The molecule has 3 fully saturated rings. The molecule has 0 aromatic rings. The highest BCUT2D eigenvalue weighted by Gasteiger charge is 2.41. The third kappa shape index (κ3) is 7.87. The van der Waals surface area contributed by atoms with E-state index in [1.54, 1.807) is 0 Å². The fourth-order valence-corrected chi connectivity index (χ4v) is 6.60. The minimum Gasteiger partial charge on any atom is -0.466 e. The minimum absolute atomic E-state index is 0.0168.